The fourth-order valence-electron chi connectivity index (χ4n) is 3.67. The zero-order chi connectivity index (χ0) is 21.3. The van der Waals surface area contributed by atoms with E-state index in [-0.39, 0.29) is 22.8 Å². The molecule has 2 N–H and O–H groups in total. The Morgan fingerprint density at radius 2 is 1.87 bits per heavy atom. The van der Waals surface area contributed by atoms with Crippen molar-refractivity contribution in [2.45, 2.75) is 30.7 Å². The quantitative estimate of drug-likeness (QED) is 0.637. The number of hydrogen-bond acceptors (Lipinski definition) is 5. The van der Waals surface area contributed by atoms with Crippen LogP contribution in [0.3, 0.4) is 0 Å². The lowest BCUT2D eigenvalue weighted by Crippen LogP contribution is -2.48. The summed E-state index contributed by atoms with van der Waals surface area (Å²) in [6.45, 7) is 1.80. The van der Waals surface area contributed by atoms with E-state index in [2.05, 4.69) is 10.0 Å². The Kier molecular flexibility index (Phi) is 5.90. The molecule has 158 valence electrons. The van der Waals surface area contributed by atoms with Gasteiger partial charge in [-0.25, -0.2) is 0 Å². The lowest BCUT2D eigenvalue weighted by molar-refractivity contribution is 0.0696. The molecule has 4 rings (SSSR count). The number of hydrogen-bond donors (Lipinski definition) is 2. The first-order valence-corrected chi connectivity index (χ1v) is 11.0. The molecule has 0 spiro atoms. The smallest absolute Gasteiger partial charge is 0.270 e. The predicted molar refractivity (Wildman–Crippen MR) is 118 cm³/mol. The van der Waals surface area contributed by atoms with Crippen molar-refractivity contribution in [2.24, 2.45) is 0 Å². The minimum absolute atomic E-state index is 0.0402. The van der Waals surface area contributed by atoms with Gasteiger partial charge >= 0.3 is 0 Å². The van der Waals surface area contributed by atoms with Crippen molar-refractivity contribution in [1.29, 1.82) is 0 Å². The molecule has 2 aliphatic rings. The van der Waals surface area contributed by atoms with Crippen LogP contribution in [0, 0.1) is 0 Å². The number of carbonyl (C=O) groups is 2. The van der Waals surface area contributed by atoms with Gasteiger partial charge in [0.2, 0.25) is 0 Å². The van der Waals surface area contributed by atoms with Crippen LogP contribution in [0.2, 0.25) is 5.02 Å². The molecule has 30 heavy (non-hydrogen) atoms. The van der Waals surface area contributed by atoms with Crippen LogP contribution in [-0.2, 0) is 13.1 Å². The highest BCUT2D eigenvalue weighted by molar-refractivity contribution is 7.99. The lowest BCUT2D eigenvalue weighted by Gasteiger charge is -2.32. The van der Waals surface area contributed by atoms with Gasteiger partial charge in [-0.1, -0.05) is 35.7 Å². The third kappa shape index (κ3) is 4.26. The molecule has 1 aliphatic carbocycles. The van der Waals surface area contributed by atoms with Gasteiger partial charge in [0, 0.05) is 35.9 Å². The maximum absolute atomic E-state index is 12.9. The lowest BCUT2D eigenvalue weighted by atomic mass is 10.1. The summed E-state index contributed by atoms with van der Waals surface area (Å²) in [7, 11) is 1.89. The van der Waals surface area contributed by atoms with Gasteiger partial charge in [0.05, 0.1) is 0 Å². The number of nitrogens with zero attached hydrogens (tertiary/aromatic N) is 2. The van der Waals surface area contributed by atoms with Crippen molar-refractivity contribution < 1.29 is 9.59 Å². The fourth-order valence-corrected chi connectivity index (χ4v) is 4.76. The highest BCUT2D eigenvalue weighted by Crippen LogP contribution is 2.47. The molecule has 2 amide bonds. The Morgan fingerprint density at radius 1 is 1.13 bits per heavy atom. The topological polar surface area (TPSA) is 83.4 Å². The SMILES string of the molecule is CNSC1(CN2CCn3c(ccc(C(=O)NCc4ccc(Cl)cc4)c3=O)C2=O)CC1. The molecular weight excluding hydrogens is 424 g/mol. The van der Waals surface area contributed by atoms with Crippen molar-refractivity contribution >= 4 is 35.4 Å². The first kappa shape index (κ1) is 21.0. The van der Waals surface area contributed by atoms with E-state index in [4.69, 9.17) is 11.6 Å². The molecule has 2 heterocycles. The molecule has 9 heteroatoms. The Bertz CT molecular complexity index is 1030. The van der Waals surface area contributed by atoms with Gasteiger partial charge in [-0.3, -0.25) is 19.1 Å². The van der Waals surface area contributed by atoms with E-state index in [0.29, 0.717) is 30.4 Å². The van der Waals surface area contributed by atoms with Gasteiger partial charge in [-0.2, -0.15) is 0 Å². The van der Waals surface area contributed by atoms with E-state index in [0.717, 1.165) is 18.4 Å². The summed E-state index contributed by atoms with van der Waals surface area (Å²) in [5, 5.41) is 3.37. The molecule has 0 bridgehead atoms. The molecule has 0 saturated heterocycles. The van der Waals surface area contributed by atoms with Gasteiger partial charge in [0.15, 0.2) is 0 Å². The van der Waals surface area contributed by atoms with E-state index in [1.807, 2.05) is 24.1 Å². The molecule has 0 unspecified atom stereocenters. The summed E-state index contributed by atoms with van der Waals surface area (Å²) >= 11 is 7.53. The number of rotatable bonds is 7. The highest BCUT2D eigenvalue weighted by atomic mass is 35.5. The normalized spacial score (nSPS) is 16.9. The minimum atomic E-state index is -0.456. The van der Waals surface area contributed by atoms with Crippen LogP contribution in [-0.4, -0.2) is 46.2 Å². The summed E-state index contributed by atoms with van der Waals surface area (Å²) in [6.07, 6.45) is 2.14. The molecule has 1 fully saturated rings. The number of aromatic nitrogens is 1. The maximum Gasteiger partial charge on any atom is 0.270 e. The average molecular weight is 447 g/mol. The number of pyridine rings is 1. The monoisotopic (exact) mass is 446 g/mol. The van der Waals surface area contributed by atoms with Crippen molar-refractivity contribution in [3.8, 4) is 0 Å². The van der Waals surface area contributed by atoms with Crippen molar-refractivity contribution in [3.63, 3.8) is 0 Å². The Balaban J connectivity index is 1.47. The number of fused-ring (bicyclic) bond motifs is 1. The predicted octanol–water partition coefficient (Wildman–Crippen LogP) is 2.29. The largest absolute Gasteiger partial charge is 0.348 e. The second kappa shape index (κ2) is 8.45. The first-order chi connectivity index (χ1) is 14.4. The van der Waals surface area contributed by atoms with Crippen LogP contribution < -0.4 is 15.6 Å². The third-order valence-corrected chi connectivity index (χ3v) is 6.92. The van der Waals surface area contributed by atoms with Gasteiger partial charge < -0.3 is 14.8 Å². The van der Waals surface area contributed by atoms with Gasteiger partial charge in [-0.05, 0) is 49.7 Å². The van der Waals surface area contributed by atoms with E-state index < -0.39 is 11.5 Å². The molecule has 0 atom stereocenters. The molecule has 1 aliphatic heterocycles. The van der Waals surface area contributed by atoms with Crippen molar-refractivity contribution in [3.05, 3.63) is 68.6 Å². The van der Waals surface area contributed by atoms with E-state index in [9.17, 15) is 14.4 Å². The Morgan fingerprint density at radius 3 is 2.53 bits per heavy atom. The minimum Gasteiger partial charge on any atom is -0.348 e. The van der Waals surface area contributed by atoms with Crippen LogP contribution >= 0.6 is 23.5 Å². The van der Waals surface area contributed by atoms with Gasteiger partial charge in [-0.15, -0.1) is 0 Å². The zero-order valence-corrected chi connectivity index (χ0v) is 18.2. The third-order valence-electron chi connectivity index (χ3n) is 5.49. The highest BCUT2D eigenvalue weighted by Gasteiger charge is 2.46. The Hall–Kier alpha value is -2.29. The Labute approximate surface area is 183 Å². The fraction of sp³-hybridized carbons (Fsp3) is 0.381. The molecule has 0 radical (unpaired) electrons. The van der Waals surface area contributed by atoms with E-state index >= 15 is 0 Å². The second-order valence-electron chi connectivity index (χ2n) is 7.61. The van der Waals surface area contributed by atoms with Gasteiger partial charge in [0.1, 0.15) is 11.3 Å². The van der Waals surface area contributed by atoms with Crippen molar-refractivity contribution in [1.82, 2.24) is 19.5 Å². The molecule has 1 aromatic heterocycles. The standard InChI is InChI=1S/C21H23ClN4O3S/c1-23-30-21(8-9-21)13-25-10-11-26-17(20(25)29)7-6-16(19(26)28)18(27)24-12-14-2-4-15(22)5-3-14/h2-7,23H,8-13H2,1H3,(H,24,27). The van der Waals surface area contributed by atoms with Crippen LogP contribution in [0.4, 0.5) is 0 Å². The van der Waals surface area contributed by atoms with Crippen LogP contribution in [0.1, 0.15) is 39.3 Å². The summed E-state index contributed by atoms with van der Waals surface area (Å²) in [5.74, 6) is -0.614. The number of amides is 2. The summed E-state index contributed by atoms with van der Waals surface area (Å²) in [6, 6.07) is 10.1. The van der Waals surface area contributed by atoms with Crippen LogP contribution in [0.15, 0.2) is 41.2 Å². The molecule has 1 saturated carbocycles. The number of nitrogens with one attached hydrogen (secondary N) is 2. The second-order valence-corrected chi connectivity index (χ2v) is 9.53. The molecule has 1 aromatic carbocycles. The van der Waals surface area contributed by atoms with Crippen molar-refractivity contribution in [2.75, 3.05) is 20.1 Å². The molecular formula is C21H23ClN4O3S. The zero-order valence-electron chi connectivity index (χ0n) is 16.6. The summed E-state index contributed by atoms with van der Waals surface area (Å²) in [5.41, 5.74) is 0.828. The van der Waals surface area contributed by atoms with E-state index in [1.165, 1.54) is 10.6 Å². The number of halogens is 1. The van der Waals surface area contributed by atoms with Crippen LogP contribution in [0.5, 0.6) is 0 Å². The maximum atomic E-state index is 12.9. The van der Waals surface area contributed by atoms with Crippen LogP contribution in [0.25, 0.3) is 0 Å². The van der Waals surface area contributed by atoms with E-state index in [1.54, 1.807) is 30.1 Å². The summed E-state index contributed by atoms with van der Waals surface area (Å²) in [4.78, 5) is 40.1. The molecule has 7 nitrogen and oxygen atoms in total. The number of carbonyl (C=O) groups excluding carboxylic acids is 2. The average Bonchev–Trinajstić information content (AvgIpc) is 3.49. The first-order valence-electron chi connectivity index (χ1n) is 9.83. The van der Waals surface area contributed by atoms with Gasteiger partial charge in [0.25, 0.3) is 17.4 Å². The summed E-state index contributed by atoms with van der Waals surface area (Å²) < 4.78 is 4.62. The number of benzene rings is 1. The molecule has 2 aromatic rings.